The summed E-state index contributed by atoms with van der Waals surface area (Å²) in [6, 6.07) is 6.05. The lowest BCUT2D eigenvalue weighted by Gasteiger charge is -2.44. The lowest BCUT2D eigenvalue weighted by atomic mass is 9.74. The van der Waals surface area contributed by atoms with E-state index in [2.05, 4.69) is 45.2 Å². The average molecular weight is 561 g/mol. The molecule has 38 heavy (non-hydrogen) atoms. The molecule has 6 heterocycles. The molecule has 6 nitrogen and oxygen atoms in total. The number of hydrogen-bond donors (Lipinski definition) is 4. The van der Waals surface area contributed by atoms with Gasteiger partial charge in [-0.2, -0.15) is 34.0 Å². The highest BCUT2D eigenvalue weighted by atomic mass is 32.2. The number of fused-ring (bicyclic) bond motifs is 5. The standard InChI is InChI=1S/C28H38F2N6S2/c29-23-5-1-13-11-33-21(8-20(13)36-23)16-12-37-28-26(16)25(14(9-31)10-32)15-7-22(38-27(15)28)19-3-2-18-17(34-19)4-6-24(30)35-18/h13,15-24,26-28,33-36H,1-8,11-12H2. The summed E-state index contributed by atoms with van der Waals surface area (Å²) in [5, 5.41) is 35.4. The minimum atomic E-state index is -0.898. The van der Waals surface area contributed by atoms with E-state index in [4.69, 9.17) is 0 Å². The number of nitrogens with one attached hydrogen (secondary N) is 4. The van der Waals surface area contributed by atoms with Gasteiger partial charge in [-0.25, -0.2) is 8.78 Å². The van der Waals surface area contributed by atoms with Gasteiger partial charge in [-0.1, -0.05) is 0 Å². The van der Waals surface area contributed by atoms with Crippen LogP contribution in [0.25, 0.3) is 0 Å². The molecule has 6 aliphatic heterocycles. The molecule has 1 saturated carbocycles. The molecular formula is C28H38F2N6S2. The number of hydrogen-bond acceptors (Lipinski definition) is 8. The van der Waals surface area contributed by atoms with Crippen LogP contribution in [-0.2, 0) is 0 Å². The molecule has 14 unspecified atom stereocenters. The van der Waals surface area contributed by atoms with Crippen LogP contribution in [0.1, 0.15) is 51.4 Å². The van der Waals surface area contributed by atoms with Crippen LogP contribution in [0.4, 0.5) is 8.78 Å². The molecule has 0 amide bonds. The highest BCUT2D eigenvalue weighted by Gasteiger charge is 2.60. The van der Waals surface area contributed by atoms with Crippen LogP contribution in [0.2, 0.25) is 0 Å². The largest absolute Gasteiger partial charge is 0.313 e. The van der Waals surface area contributed by atoms with Gasteiger partial charge in [-0.05, 0) is 87.0 Å². The van der Waals surface area contributed by atoms with Gasteiger partial charge in [-0.3, -0.25) is 10.6 Å². The highest BCUT2D eigenvalue weighted by molar-refractivity contribution is 8.04. The van der Waals surface area contributed by atoms with Crippen LogP contribution in [-0.4, -0.2) is 70.8 Å². The maximum absolute atomic E-state index is 14.1. The second-order valence-corrected chi connectivity index (χ2v) is 15.3. The molecule has 6 saturated heterocycles. The minimum Gasteiger partial charge on any atom is -0.313 e. The summed E-state index contributed by atoms with van der Waals surface area (Å²) >= 11 is 4.15. The normalized spacial score (nSPS) is 51.7. The Bertz CT molecular complexity index is 1030. The van der Waals surface area contributed by atoms with E-state index >= 15 is 0 Å². The van der Waals surface area contributed by atoms with Gasteiger partial charge in [0.05, 0.1) is 0 Å². The third-order valence-electron chi connectivity index (χ3n) is 10.8. The predicted octanol–water partition coefficient (Wildman–Crippen LogP) is 3.38. The smallest absolute Gasteiger partial charge is 0.151 e. The summed E-state index contributed by atoms with van der Waals surface area (Å²) < 4.78 is 28.0. The Morgan fingerprint density at radius 1 is 0.789 bits per heavy atom. The van der Waals surface area contributed by atoms with Gasteiger partial charge in [0.15, 0.2) is 12.6 Å². The van der Waals surface area contributed by atoms with Crippen LogP contribution in [0.5, 0.6) is 0 Å². The number of nitrogens with zero attached hydrogens (tertiary/aromatic N) is 2. The fourth-order valence-corrected chi connectivity index (χ4v) is 13.2. The molecule has 4 N–H and O–H groups in total. The van der Waals surface area contributed by atoms with Crippen molar-refractivity contribution in [2.45, 2.75) is 110 Å². The number of thioether (sulfide) groups is 2. The zero-order chi connectivity index (χ0) is 26.0. The first-order valence-electron chi connectivity index (χ1n) is 14.6. The van der Waals surface area contributed by atoms with Crippen molar-refractivity contribution in [2.24, 2.45) is 23.7 Å². The monoisotopic (exact) mass is 560 g/mol. The lowest BCUT2D eigenvalue weighted by molar-refractivity contribution is 0.0891. The van der Waals surface area contributed by atoms with Crippen molar-refractivity contribution < 1.29 is 8.78 Å². The van der Waals surface area contributed by atoms with Gasteiger partial charge < -0.3 is 10.6 Å². The molecule has 206 valence electrons. The molecule has 0 bridgehead atoms. The summed E-state index contributed by atoms with van der Waals surface area (Å²) in [7, 11) is 0. The predicted molar refractivity (Wildman–Crippen MR) is 147 cm³/mol. The molecule has 0 spiro atoms. The second kappa shape index (κ2) is 10.5. The molecule has 7 aliphatic rings. The third-order valence-corrected chi connectivity index (χ3v) is 14.3. The molecule has 0 aromatic rings. The van der Waals surface area contributed by atoms with Crippen LogP contribution >= 0.6 is 23.5 Å². The molecule has 1 aliphatic carbocycles. The fraction of sp³-hybridized carbons (Fsp3) is 0.857. The topological polar surface area (TPSA) is 95.7 Å². The van der Waals surface area contributed by atoms with Gasteiger partial charge in [0.1, 0.15) is 17.7 Å². The van der Waals surface area contributed by atoms with E-state index in [0.29, 0.717) is 64.1 Å². The quantitative estimate of drug-likeness (QED) is 0.302. The zero-order valence-corrected chi connectivity index (χ0v) is 23.3. The van der Waals surface area contributed by atoms with Crippen LogP contribution in [0.3, 0.4) is 0 Å². The van der Waals surface area contributed by atoms with E-state index in [-0.39, 0.29) is 23.9 Å². The summed E-state index contributed by atoms with van der Waals surface area (Å²) in [4.78, 5) is 0. The summed E-state index contributed by atoms with van der Waals surface area (Å²) in [5.74, 6) is 2.43. The summed E-state index contributed by atoms with van der Waals surface area (Å²) in [6.45, 7) is 0.924. The average Bonchev–Trinajstić information content (AvgIpc) is 3.61. The van der Waals surface area contributed by atoms with Crippen molar-refractivity contribution in [3.05, 3.63) is 11.1 Å². The van der Waals surface area contributed by atoms with Gasteiger partial charge in [-0.15, -0.1) is 0 Å². The molecule has 10 heteroatoms. The van der Waals surface area contributed by atoms with Gasteiger partial charge >= 0.3 is 0 Å². The van der Waals surface area contributed by atoms with E-state index < -0.39 is 12.6 Å². The molecule has 14 atom stereocenters. The Labute approximate surface area is 232 Å². The molecule has 7 rings (SSSR count). The van der Waals surface area contributed by atoms with E-state index in [9.17, 15) is 19.3 Å². The second-order valence-electron chi connectivity index (χ2n) is 12.6. The molecular weight excluding hydrogens is 522 g/mol. The zero-order valence-electron chi connectivity index (χ0n) is 21.6. The number of rotatable bonds is 2. The van der Waals surface area contributed by atoms with Crippen molar-refractivity contribution in [2.75, 3.05) is 12.3 Å². The maximum Gasteiger partial charge on any atom is 0.151 e. The van der Waals surface area contributed by atoms with E-state index in [1.807, 2.05) is 11.8 Å². The molecule has 7 fully saturated rings. The van der Waals surface area contributed by atoms with Gasteiger partial charge in [0, 0.05) is 51.9 Å². The number of alkyl halides is 2. The fourth-order valence-electron chi connectivity index (χ4n) is 9.06. The number of halogens is 2. The van der Waals surface area contributed by atoms with Crippen molar-refractivity contribution in [3.63, 3.8) is 0 Å². The van der Waals surface area contributed by atoms with E-state index in [1.54, 1.807) is 0 Å². The third kappa shape index (κ3) is 4.43. The minimum absolute atomic E-state index is 0.218. The van der Waals surface area contributed by atoms with Gasteiger partial charge in [0.2, 0.25) is 0 Å². The SMILES string of the molecule is N#CC(C#N)=C1C2CC(C3CCC4NC(F)CCC4N3)SC2C2SCC(C3CC4NC(F)CCC4CN3)C12. The van der Waals surface area contributed by atoms with E-state index in [1.165, 1.54) is 0 Å². The van der Waals surface area contributed by atoms with Crippen LogP contribution < -0.4 is 21.3 Å². The Hall–Kier alpha value is -0.880. The molecule has 0 radical (unpaired) electrons. The first kappa shape index (κ1) is 26.0. The van der Waals surface area contributed by atoms with Crippen LogP contribution in [0, 0.1) is 46.3 Å². The van der Waals surface area contributed by atoms with Gasteiger partial charge in [0.25, 0.3) is 0 Å². The summed E-state index contributed by atoms with van der Waals surface area (Å²) in [6.07, 6.45) is 5.21. The first-order chi connectivity index (χ1) is 18.5. The van der Waals surface area contributed by atoms with E-state index in [0.717, 1.165) is 56.4 Å². The first-order valence-corrected chi connectivity index (χ1v) is 16.6. The van der Waals surface area contributed by atoms with Crippen molar-refractivity contribution in [1.29, 1.82) is 10.5 Å². The maximum atomic E-state index is 14.1. The van der Waals surface area contributed by atoms with Crippen molar-refractivity contribution in [3.8, 4) is 12.1 Å². The van der Waals surface area contributed by atoms with Crippen molar-refractivity contribution >= 4 is 23.5 Å². The number of piperidine rings is 4. The number of nitriles is 2. The Morgan fingerprint density at radius 3 is 2.32 bits per heavy atom. The Kier molecular flexibility index (Phi) is 7.20. The van der Waals surface area contributed by atoms with Crippen molar-refractivity contribution in [1.82, 2.24) is 21.3 Å². The molecule has 0 aromatic heterocycles. The number of allylic oxidation sites excluding steroid dienone is 2. The van der Waals surface area contributed by atoms with Crippen LogP contribution in [0.15, 0.2) is 11.1 Å². The lowest BCUT2D eigenvalue weighted by Crippen LogP contribution is -2.61. The summed E-state index contributed by atoms with van der Waals surface area (Å²) in [5.41, 5.74) is 1.48. The Balaban J connectivity index is 1.09. The molecule has 0 aromatic carbocycles. The highest BCUT2D eigenvalue weighted by Crippen LogP contribution is 2.63. The Morgan fingerprint density at radius 2 is 1.50 bits per heavy atom.